The molecule has 5 nitrogen and oxygen atoms in total. The van der Waals surface area contributed by atoms with Gasteiger partial charge < -0.3 is 9.64 Å². The SMILES string of the molecule is N#CCCN(C(=O)COC(=O)[C@@H]1C[C@H]2C=C[C@H]1C2)c1ccccc1. The van der Waals surface area contributed by atoms with Crippen LogP contribution in [0.5, 0.6) is 0 Å². The van der Waals surface area contributed by atoms with E-state index < -0.39 is 0 Å². The van der Waals surface area contributed by atoms with E-state index in [1.807, 2.05) is 24.3 Å². The first-order valence-corrected chi connectivity index (χ1v) is 8.26. The van der Waals surface area contributed by atoms with Crippen LogP contribution in [0.4, 0.5) is 5.69 Å². The van der Waals surface area contributed by atoms with Crippen molar-refractivity contribution < 1.29 is 14.3 Å². The number of benzene rings is 1. The third kappa shape index (κ3) is 3.48. The first kappa shape index (κ1) is 16.3. The van der Waals surface area contributed by atoms with Crippen molar-refractivity contribution in [2.45, 2.75) is 19.3 Å². The van der Waals surface area contributed by atoms with Crippen molar-refractivity contribution in [2.24, 2.45) is 17.8 Å². The van der Waals surface area contributed by atoms with Crippen molar-refractivity contribution >= 4 is 17.6 Å². The van der Waals surface area contributed by atoms with E-state index in [0.29, 0.717) is 11.6 Å². The standard InChI is InChI=1S/C19H20N2O3/c20-9-4-10-21(16-5-2-1-3-6-16)18(22)13-24-19(23)17-12-14-7-8-15(17)11-14/h1-3,5-8,14-15,17H,4,10-13H2/t14-,15-,17+/m0/s1. The molecule has 1 saturated carbocycles. The first-order valence-electron chi connectivity index (χ1n) is 8.26. The van der Waals surface area contributed by atoms with E-state index in [9.17, 15) is 9.59 Å². The fourth-order valence-electron chi connectivity index (χ4n) is 3.54. The number of carbonyl (C=O) groups is 2. The van der Waals surface area contributed by atoms with E-state index >= 15 is 0 Å². The molecular weight excluding hydrogens is 304 g/mol. The van der Waals surface area contributed by atoms with Crippen LogP contribution in [-0.2, 0) is 14.3 Å². The summed E-state index contributed by atoms with van der Waals surface area (Å²) in [6.45, 7) is 0.00448. The molecule has 24 heavy (non-hydrogen) atoms. The minimum atomic E-state index is -0.302. The summed E-state index contributed by atoms with van der Waals surface area (Å²) >= 11 is 0. The lowest BCUT2D eigenvalue weighted by Crippen LogP contribution is -2.36. The highest BCUT2D eigenvalue weighted by Gasteiger charge is 2.40. The maximum absolute atomic E-state index is 12.5. The Morgan fingerprint density at radius 1 is 1.21 bits per heavy atom. The van der Waals surface area contributed by atoms with Crippen LogP contribution < -0.4 is 4.90 Å². The van der Waals surface area contributed by atoms with Gasteiger partial charge in [-0.25, -0.2) is 0 Å². The summed E-state index contributed by atoms with van der Waals surface area (Å²) in [4.78, 5) is 26.2. The third-order valence-electron chi connectivity index (χ3n) is 4.74. The minimum absolute atomic E-state index is 0.114. The van der Waals surface area contributed by atoms with Gasteiger partial charge in [0.1, 0.15) is 0 Å². The van der Waals surface area contributed by atoms with E-state index in [2.05, 4.69) is 12.2 Å². The van der Waals surface area contributed by atoms with Crippen molar-refractivity contribution in [3.8, 4) is 6.07 Å². The molecule has 124 valence electrons. The molecule has 0 unspecified atom stereocenters. The van der Waals surface area contributed by atoms with E-state index in [4.69, 9.17) is 10.00 Å². The number of rotatable bonds is 6. The number of esters is 1. The van der Waals surface area contributed by atoms with Crippen molar-refractivity contribution in [1.29, 1.82) is 5.26 Å². The largest absolute Gasteiger partial charge is 0.455 e. The number of nitrogens with zero attached hydrogens (tertiary/aromatic N) is 2. The number of amides is 1. The summed E-state index contributed by atoms with van der Waals surface area (Å²) in [7, 11) is 0. The first-order chi connectivity index (χ1) is 11.7. The van der Waals surface area contributed by atoms with Gasteiger partial charge >= 0.3 is 5.97 Å². The monoisotopic (exact) mass is 324 g/mol. The van der Waals surface area contributed by atoms with Gasteiger partial charge in [0.25, 0.3) is 5.91 Å². The predicted octanol–water partition coefficient (Wildman–Crippen LogP) is 2.69. The Bertz CT molecular complexity index is 678. The van der Waals surface area contributed by atoms with Crippen molar-refractivity contribution in [2.75, 3.05) is 18.1 Å². The quantitative estimate of drug-likeness (QED) is 0.596. The topological polar surface area (TPSA) is 70.4 Å². The van der Waals surface area contributed by atoms with Gasteiger partial charge in [-0.1, -0.05) is 30.4 Å². The van der Waals surface area contributed by atoms with Crippen LogP contribution in [0.15, 0.2) is 42.5 Å². The lowest BCUT2D eigenvalue weighted by atomic mass is 9.94. The Labute approximate surface area is 141 Å². The zero-order valence-corrected chi connectivity index (χ0v) is 13.4. The number of anilines is 1. The molecular formula is C19H20N2O3. The zero-order valence-electron chi connectivity index (χ0n) is 13.4. The van der Waals surface area contributed by atoms with Gasteiger partial charge in [0, 0.05) is 12.2 Å². The predicted molar refractivity (Wildman–Crippen MR) is 88.8 cm³/mol. The molecule has 2 aliphatic carbocycles. The lowest BCUT2D eigenvalue weighted by Gasteiger charge is -2.22. The molecule has 1 amide bonds. The van der Waals surface area contributed by atoms with Crippen LogP contribution in [0.1, 0.15) is 19.3 Å². The summed E-state index contributed by atoms with van der Waals surface area (Å²) in [6.07, 6.45) is 6.33. The molecule has 3 rings (SSSR count). The Morgan fingerprint density at radius 2 is 2.00 bits per heavy atom. The van der Waals surface area contributed by atoms with Crippen LogP contribution in [0.3, 0.4) is 0 Å². The fraction of sp³-hybridized carbons (Fsp3) is 0.421. The normalized spacial score (nSPS) is 23.7. The summed E-state index contributed by atoms with van der Waals surface area (Å²) in [5, 5.41) is 8.79. The van der Waals surface area contributed by atoms with Gasteiger partial charge in [-0.15, -0.1) is 0 Å². The molecule has 0 aliphatic heterocycles. The van der Waals surface area contributed by atoms with Gasteiger partial charge in [0.15, 0.2) is 6.61 Å². The van der Waals surface area contributed by atoms with Crippen LogP contribution in [-0.4, -0.2) is 25.0 Å². The second-order valence-electron chi connectivity index (χ2n) is 6.28. The van der Waals surface area contributed by atoms with Crippen molar-refractivity contribution in [3.63, 3.8) is 0 Å². The number of allylic oxidation sites excluding steroid dienone is 2. The van der Waals surface area contributed by atoms with E-state index in [-0.39, 0.29) is 43.3 Å². The van der Waals surface area contributed by atoms with Crippen LogP contribution >= 0.6 is 0 Å². The Balaban J connectivity index is 1.58. The maximum atomic E-state index is 12.5. The molecule has 0 spiro atoms. The molecule has 2 aliphatic rings. The highest BCUT2D eigenvalue weighted by molar-refractivity contribution is 5.95. The van der Waals surface area contributed by atoms with Crippen molar-refractivity contribution in [1.82, 2.24) is 0 Å². The molecule has 2 bridgehead atoms. The number of hydrogen-bond acceptors (Lipinski definition) is 4. The number of carbonyl (C=O) groups excluding carboxylic acids is 2. The van der Waals surface area contributed by atoms with Crippen LogP contribution in [0, 0.1) is 29.1 Å². The average molecular weight is 324 g/mol. The molecule has 5 heteroatoms. The van der Waals surface area contributed by atoms with Crippen LogP contribution in [0.2, 0.25) is 0 Å². The highest BCUT2D eigenvalue weighted by atomic mass is 16.5. The summed E-state index contributed by atoms with van der Waals surface area (Å²) < 4.78 is 5.28. The summed E-state index contributed by atoms with van der Waals surface area (Å²) in [6, 6.07) is 11.2. The zero-order chi connectivity index (χ0) is 16.9. The van der Waals surface area contributed by atoms with E-state index in [1.54, 1.807) is 12.1 Å². The number of ether oxygens (including phenoxy) is 1. The highest BCUT2D eigenvalue weighted by Crippen LogP contribution is 2.43. The molecule has 0 aromatic heterocycles. The van der Waals surface area contributed by atoms with E-state index in [0.717, 1.165) is 12.8 Å². The number of fused-ring (bicyclic) bond motifs is 2. The number of para-hydroxylation sites is 1. The molecule has 3 atom stereocenters. The van der Waals surface area contributed by atoms with Crippen LogP contribution in [0.25, 0.3) is 0 Å². The lowest BCUT2D eigenvalue weighted by molar-refractivity contribution is -0.152. The third-order valence-corrected chi connectivity index (χ3v) is 4.74. The summed E-state index contributed by atoms with van der Waals surface area (Å²) in [5.74, 6) is 0.0511. The maximum Gasteiger partial charge on any atom is 0.310 e. The van der Waals surface area contributed by atoms with E-state index in [1.165, 1.54) is 4.90 Å². The summed E-state index contributed by atoms with van der Waals surface area (Å²) in [5.41, 5.74) is 0.705. The average Bonchev–Trinajstić information content (AvgIpc) is 3.24. The molecule has 0 N–H and O–H groups in total. The van der Waals surface area contributed by atoms with Gasteiger partial charge in [-0.2, -0.15) is 5.26 Å². The minimum Gasteiger partial charge on any atom is -0.455 e. The Hall–Kier alpha value is -2.61. The molecule has 1 aromatic carbocycles. The molecule has 0 heterocycles. The second kappa shape index (κ2) is 7.31. The Morgan fingerprint density at radius 3 is 2.62 bits per heavy atom. The molecule has 0 saturated heterocycles. The number of nitriles is 1. The molecule has 1 aromatic rings. The van der Waals surface area contributed by atoms with Gasteiger partial charge in [0.05, 0.1) is 18.4 Å². The molecule has 1 fully saturated rings. The second-order valence-corrected chi connectivity index (χ2v) is 6.28. The fourth-order valence-corrected chi connectivity index (χ4v) is 3.54. The smallest absolute Gasteiger partial charge is 0.310 e. The number of hydrogen-bond donors (Lipinski definition) is 0. The van der Waals surface area contributed by atoms with Gasteiger partial charge in [-0.05, 0) is 36.8 Å². The van der Waals surface area contributed by atoms with Crippen molar-refractivity contribution in [3.05, 3.63) is 42.5 Å². The Kier molecular flexibility index (Phi) is 4.95. The molecule has 0 radical (unpaired) electrons. The van der Waals surface area contributed by atoms with Gasteiger partial charge in [-0.3, -0.25) is 9.59 Å². The van der Waals surface area contributed by atoms with Gasteiger partial charge in [0.2, 0.25) is 0 Å².